The molecule has 57 heavy (non-hydrogen) atoms. The molecule has 1 aromatic heterocycles. The van der Waals surface area contributed by atoms with Gasteiger partial charge in [0.05, 0.1) is 47.8 Å². The SMILES string of the molecule is COCOc1cc(-c2c([N+](=O)[O-])cc3c(N4C[C@H]5CC[C@@H](C4)N5C(=O)OC(C)(C)C)nc(OCC4(CN5CCOCC5)CC4)nc3c2F)c2c(F)c(F)ccc2c1. The fraction of sp³-hybridized carbons (Fsp3) is 0.525. The van der Waals surface area contributed by atoms with Crippen molar-refractivity contribution in [3.05, 3.63) is 57.9 Å². The number of hydrogen-bond donors (Lipinski definition) is 0. The van der Waals surface area contributed by atoms with Gasteiger partial charge in [-0.05, 0) is 70.0 Å². The van der Waals surface area contributed by atoms with Gasteiger partial charge in [0.15, 0.2) is 24.2 Å². The number of ether oxygens (including phenoxy) is 5. The van der Waals surface area contributed by atoms with E-state index in [1.54, 1.807) is 25.7 Å². The second-order valence-electron chi connectivity index (χ2n) is 16.4. The van der Waals surface area contributed by atoms with E-state index >= 15 is 8.78 Å². The number of nitro groups is 1. The smallest absolute Gasteiger partial charge is 0.410 e. The first-order valence-corrected chi connectivity index (χ1v) is 19.2. The number of amides is 1. The number of nitro benzene ring substituents is 1. The van der Waals surface area contributed by atoms with Gasteiger partial charge in [-0.15, -0.1) is 0 Å². The van der Waals surface area contributed by atoms with Gasteiger partial charge in [-0.1, -0.05) is 6.07 Å². The molecule has 3 aromatic carbocycles. The number of methoxy groups -OCH3 is 1. The Hall–Kier alpha value is -5.00. The van der Waals surface area contributed by atoms with Gasteiger partial charge >= 0.3 is 12.1 Å². The molecule has 14 nitrogen and oxygen atoms in total. The van der Waals surface area contributed by atoms with E-state index in [9.17, 15) is 19.3 Å². The Morgan fingerprint density at radius 3 is 2.39 bits per heavy atom. The van der Waals surface area contributed by atoms with Crippen LogP contribution in [0.2, 0.25) is 0 Å². The second kappa shape index (κ2) is 15.1. The molecule has 0 N–H and O–H groups in total. The Morgan fingerprint density at radius 1 is 1.02 bits per heavy atom. The van der Waals surface area contributed by atoms with Gasteiger partial charge in [0.1, 0.15) is 22.7 Å². The number of piperazine rings is 1. The van der Waals surface area contributed by atoms with E-state index in [0.717, 1.165) is 38.5 Å². The summed E-state index contributed by atoms with van der Waals surface area (Å²) in [5.74, 6) is -3.40. The third-order valence-electron chi connectivity index (χ3n) is 11.2. The number of anilines is 1. The van der Waals surface area contributed by atoms with Crippen LogP contribution in [0.1, 0.15) is 46.5 Å². The van der Waals surface area contributed by atoms with Gasteiger partial charge in [-0.3, -0.25) is 19.9 Å². The van der Waals surface area contributed by atoms with Gasteiger partial charge in [0, 0.05) is 62.3 Å². The normalized spacial score (nSPS) is 20.6. The van der Waals surface area contributed by atoms with E-state index in [4.69, 9.17) is 28.7 Å². The number of fused-ring (bicyclic) bond motifs is 4. The summed E-state index contributed by atoms with van der Waals surface area (Å²) in [5.41, 5.74) is -2.80. The molecule has 3 saturated heterocycles. The number of morpholine rings is 1. The molecule has 4 aliphatic rings. The van der Waals surface area contributed by atoms with Crippen LogP contribution in [0.15, 0.2) is 30.3 Å². The van der Waals surface area contributed by atoms with Gasteiger partial charge in [-0.2, -0.15) is 9.97 Å². The average molecular weight is 795 g/mol. The zero-order valence-corrected chi connectivity index (χ0v) is 32.3. The Morgan fingerprint density at radius 2 is 1.74 bits per heavy atom. The van der Waals surface area contributed by atoms with Crippen LogP contribution in [-0.2, 0) is 14.2 Å². The van der Waals surface area contributed by atoms with Crippen LogP contribution in [0.4, 0.5) is 29.5 Å². The summed E-state index contributed by atoms with van der Waals surface area (Å²) >= 11 is 0. The van der Waals surface area contributed by atoms with Gasteiger partial charge in [0.25, 0.3) is 5.69 Å². The molecule has 2 atom stereocenters. The Kier molecular flexibility index (Phi) is 10.3. The van der Waals surface area contributed by atoms with Crippen molar-refractivity contribution in [2.24, 2.45) is 5.41 Å². The molecule has 1 aliphatic carbocycles. The van der Waals surface area contributed by atoms with Crippen LogP contribution in [0.25, 0.3) is 32.8 Å². The standard InChI is InChI=1S/C40H45F3N6O8/c1-39(2,3)57-38(50)48-24-6-7-25(48)19-47(18-24)36-28-17-30(49(51)52)32(27-16-26(56-22-53-4)15-23-5-8-29(41)33(42)31(23)27)34(43)35(28)44-37(45-36)55-21-40(9-10-40)20-46-11-13-54-14-12-46/h5,8,15-17,24-25H,6-7,9-14,18-22H2,1-4H3/t24-,25+. The topological polar surface area (TPSA) is 142 Å². The minimum absolute atomic E-state index is 0.0256. The number of carbonyl (C=O) groups excluding carboxylic acids is 1. The van der Waals surface area contributed by atoms with Gasteiger partial charge in [0.2, 0.25) is 0 Å². The molecule has 1 saturated carbocycles. The van der Waals surface area contributed by atoms with Crippen LogP contribution in [0, 0.1) is 33.0 Å². The van der Waals surface area contributed by atoms with E-state index < -0.39 is 45.3 Å². The van der Waals surface area contributed by atoms with Crippen molar-refractivity contribution in [2.45, 2.75) is 64.1 Å². The Labute approximate surface area is 326 Å². The summed E-state index contributed by atoms with van der Waals surface area (Å²) in [6.45, 7) is 9.70. The van der Waals surface area contributed by atoms with Crippen LogP contribution in [0.3, 0.4) is 0 Å². The van der Waals surface area contributed by atoms with E-state index in [2.05, 4.69) is 9.88 Å². The lowest BCUT2D eigenvalue weighted by atomic mass is 9.94. The quantitative estimate of drug-likeness (QED) is 0.0892. The van der Waals surface area contributed by atoms with Crippen molar-refractivity contribution in [1.82, 2.24) is 19.8 Å². The maximum atomic E-state index is 17.5. The molecule has 17 heteroatoms. The lowest BCUT2D eigenvalue weighted by Gasteiger charge is -2.42. The van der Waals surface area contributed by atoms with Crippen LogP contribution < -0.4 is 14.4 Å². The van der Waals surface area contributed by atoms with Crippen molar-refractivity contribution in [3.8, 4) is 22.9 Å². The molecule has 4 heterocycles. The van der Waals surface area contributed by atoms with E-state index in [1.165, 1.54) is 31.4 Å². The average Bonchev–Trinajstić information content (AvgIpc) is 3.88. The minimum Gasteiger partial charge on any atom is -0.468 e. The fourth-order valence-electron chi connectivity index (χ4n) is 8.32. The number of carbonyl (C=O) groups is 1. The van der Waals surface area contributed by atoms with Crippen LogP contribution in [0.5, 0.6) is 11.8 Å². The minimum atomic E-state index is -1.31. The largest absolute Gasteiger partial charge is 0.468 e. The highest BCUT2D eigenvalue weighted by atomic mass is 19.2. The first kappa shape index (κ1) is 38.9. The van der Waals surface area contributed by atoms with Crippen molar-refractivity contribution in [3.63, 3.8) is 0 Å². The maximum Gasteiger partial charge on any atom is 0.410 e. The molecule has 8 rings (SSSR count). The molecule has 1 amide bonds. The molecule has 3 aliphatic heterocycles. The predicted octanol–water partition coefficient (Wildman–Crippen LogP) is 6.84. The zero-order valence-electron chi connectivity index (χ0n) is 32.3. The lowest BCUT2D eigenvalue weighted by Crippen LogP contribution is -2.57. The van der Waals surface area contributed by atoms with Crippen LogP contribution >= 0.6 is 0 Å². The van der Waals surface area contributed by atoms with E-state index in [1.807, 2.05) is 4.90 Å². The highest BCUT2D eigenvalue weighted by molar-refractivity contribution is 6.04. The lowest BCUT2D eigenvalue weighted by molar-refractivity contribution is -0.384. The molecule has 4 aromatic rings. The van der Waals surface area contributed by atoms with E-state index in [0.29, 0.717) is 26.1 Å². The number of aromatic nitrogens is 2. The molecule has 0 spiro atoms. The number of halogens is 3. The van der Waals surface area contributed by atoms with Crippen molar-refractivity contribution in [1.29, 1.82) is 0 Å². The molecule has 0 radical (unpaired) electrons. The van der Waals surface area contributed by atoms with Crippen LogP contribution in [-0.4, -0.2) is 115 Å². The number of hydrogen-bond acceptors (Lipinski definition) is 12. The summed E-state index contributed by atoms with van der Waals surface area (Å²) in [7, 11) is 1.39. The number of benzene rings is 3. The fourth-order valence-corrected chi connectivity index (χ4v) is 8.32. The molecular weight excluding hydrogens is 749 g/mol. The molecule has 0 unspecified atom stereocenters. The molecule has 4 fully saturated rings. The Balaban J connectivity index is 1.26. The summed E-state index contributed by atoms with van der Waals surface area (Å²) in [5, 5.41) is 12.7. The highest BCUT2D eigenvalue weighted by Gasteiger charge is 2.47. The summed E-state index contributed by atoms with van der Waals surface area (Å²) in [6, 6.07) is 5.32. The number of rotatable bonds is 11. The maximum absolute atomic E-state index is 17.5. The third kappa shape index (κ3) is 7.71. The molecule has 304 valence electrons. The summed E-state index contributed by atoms with van der Waals surface area (Å²) in [6.07, 6.45) is 2.78. The zero-order chi connectivity index (χ0) is 40.2. The monoisotopic (exact) mass is 794 g/mol. The first-order chi connectivity index (χ1) is 27.2. The summed E-state index contributed by atoms with van der Waals surface area (Å²) in [4.78, 5) is 40.7. The summed E-state index contributed by atoms with van der Waals surface area (Å²) < 4.78 is 76.2. The Bertz CT molecular complexity index is 2210. The molecular formula is C40H45F3N6O8. The second-order valence-corrected chi connectivity index (χ2v) is 16.4. The van der Waals surface area contributed by atoms with Crippen molar-refractivity contribution < 1.29 is 46.6 Å². The first-order valence-electron chi connectivity index (χ1n) is 19.2. The highest BCUT2D eigenvalue weighted by Crippen LogP contribution is 2.48. The van der Waals surface area contributed by atoms with Gasteiger partial charge in [-0.25, -0.2) is 18.0 Å². The van der Waals surface area contributed by atoms with E-state index in [-0.39, 0.29) is 88.8 Å². The third-order valence-corrected chi connectivity index (χ3v) is 11.2. The number of nitrogens with zero attached hydrogens (tertiary/aromatic N) is 6. The van der Waals surface area contributed by atoms with Crippen molar-refractivity contribution >= 4 is 39.3 Å². The predicted molar refractivity (Wildman–Crippen MR) is 203 cm³/mol. The van der Waals surface area contributed by atoms with Crippen molar-refractivity contribution in [2.75, 3.05) is 71.3 Å². The molecule has 2 bridgehead atoms. The van der Waals surface area contributed by atoms with Gasteiger partial charge < -0.3 is 28.6 Å².